The van der Waals surface area contributed by atoms with E-state index in [1.54, 1.807) is 7.11 Å². The molecule has 0 unspecified atom stereocenters. The topological polar surface area (TPSA) is 98.1 Å². The largest absolute Gasteiger partial charge is 0.379 e. The van der Waals surface area contributed by atoms with Crippen LogP contribution in [0.5, 0.6) is 0 Å². The van der Waals surface area contributed by atoms with Gasteiger partial charge in [-0.25, -0.2) is 0 Å². The Morgan fingerprint density at radius 1 is 1.31 bits per heavy atom. The number of carbonyl (C=O) groups is 1. The van der Waals surface area contributed by atoms with Gasteiger partial charge in [0.2, 0.25) is 0 Å². The van der Waals surface area contributed by atoms with Gasteiger partial charge in [-0.1, -0.05) is 41.9 Å². The van der Waals surface area contributed by atoms with Crippen molar-refractivity contribution in [3.63, 3.8) is 0 Å². The van der Waals surface area contributed by atoms with Crippen LogP contribution in [0.4, 0.5) is 11.4 Å². The van der Waals surface area contributed by atoms with Gasteiger partial charge in [-0.2, -0.15) is 0 Å². The number of benzene rings is 2. The molecule has 0 bridgehead atoms. The smallest absolute Gasteiger partial charge is 0.289 e. The number of hydrogen-bond acceptors (Lipinski definition) is 4. The first-order valence-corrected chi connectivity index (χ1v) is 8.44. The van der Waals surface area contributed by atoms with Gasteiger partial charge in [0.05, 0.1) is 11.5 Å². The van der Waals surface area contributed by atoms with Gasteiger partial charge >= 0.3 is 0 Å². The third-order valence-electron chi connectivity index (χ3n) is 3.80. The molecule has 0 saturated carbocycles. The minimum absolute atomic E-state index is 0.0212. The van der Waals surface area contributed by atoms with Crippen LogP contribution in [-0.2, 0) is 9.53 Å². The van der Waals surface area contributed by atoms with E-state index in [1.807, 2.05) is 42.6 Å². The molecule has 0 spiro atoms. The van der Waals surface area contributed by atoms with Crippen LogP contribution in [0.2, 0.25) is 5.02 Å². The normalized spacial score (nSPS) is 13.0. The molecule has 2 aromatic carbocycles. The van der Waals surface area contributed by atoms with E-state index in [1.165, 1.54) is 18.2 Å². The van der Waals surface area contributed by atoms with Crippen molar-refractivity contribution in [3.05, 3.63) is 69.2 Å². The Kier molecular flexibility index (Phi) is 7.08. The molecular weight excluding hydrogens is 358 g/mol. The number of quaternary nitrogens is 1. The van der Waals surface area contributed by atoms with Crippen LogP contribution < -0.4 is 10.6 Å². The molecule has 0 fully saturated rings. The Hall–Kier alpha value is -2.48. The average molecular weight is 379 g/mol. The predicted molar refractivity (Wildman–Crippen MR) is 99.2 cm³/mol. The van der Waals surface area contributed by atoms with E-state index in [4.69, 9.17) is 16.3 Å². The molecule has 2 aromatic rings. The number of carbonyl (C=O) groups excluding carboxylic acids is 1. The van der Waals surface area contributed by atoms with E-state index < -0.39 is 11.0 Å². The third kappa shape index (κ3) is 5.26. The lowest BCUT2D eigenvalue weighted by molar-refractivity contribution is -0.713. The number of amides is 1. The maximum absolute atomic E-state index is 12.8. The lowest BCUT2D eigenvalue weighted by Crippen LogP contribution is -2.92. The predicted octanol–water partition coefficient (Wildman–Crippen LogP) is 2.53. The van der Waals surface area contributed by atoms with Crippen molar-refractivity contribution in [2.45, 2.75) is 19.0 Å². The second-order valence-corrected chi connectivity index (χ2v) is 6.33. The summed E-state index contributed by atoms with van der Waals surface area (Å²) in [4.78, 5) is 23.3. The minimum Gasteiger partial charge on any atom is -0.379 e. The van der Waals surface area contributed by atoms with Gasteiger partial charge in [0, 0.05) is 24.4 Å². The highest BCUT2D eigenvalue weighted by molar-refractivity contribution is 6.32. The summed E-state index contributed by atoms with van der Waals surface area (Å²) in [5, 5.41) is 15.7. The quantitative estimate of drug-likeness (QED) is 0.544. The zero-order valence-electron chi connectivity index (χ0n) is 14.5. The molecular formula is C18H21ClN3O4+. The van der Waals surface area contributed by atoms with E-state index in [-0.39, 0.29) is 22.7 Å². The van der Waals surface area contributed by atoms with Crippen LogP contribution >= 0.6 is 11.6 Å². The number of ether oxygens (including phenoxy) is 1. The monoisotopic (exact) mass is 378 g/mol. The molecule has 0 aliphatic heterocycles. The molecule has 0 aliphatic carbocycles. The van der Waals surface area contributed by atoms with Crippen molar-refractivity contribution >= 4 is 28.9 Å². The third-order valence-corrected chi connectivity index (χ3v) is 4.12. The standard InChI is InChI=1S/C18H20ClN3O4/c1-12(11-26-2)20-17(13-6-4-3-5-7-13)18(23)21-14-8-9-15(19)16(10-14)22(24)25/h3-10,12,17,20H,11H2,1-2H3,(H,21,23)/p+1/t12-,17+/m0/s1. The molecule has 8 heteroatoms. The fourth-order valence-corrected chi connectivity index (χ4v) is 2.79. The number of nitrogens with two attached hydrogens (primary N) is 1. The van der Waals surface area contributed by atoms with E-state index in [0.29, 0.717) is 12.3 Å². The molecule has 0 heterocycles. The second kappa shape index (κ2) is 9.28. The summed E-state index contributed by atoms with van der Waals surface area (Å²) >= 11 is 5.82. The SMILES string of the molecule is COC[C@H](C)[NH2+][C@@H](C(=O)Nc1ccc(Cl)c([N+](=O)[O-])c1)c1ccccc1. The van der Waals surface area contributed by atoms with Crippen LogP contribution in [0.1, 0.15) is 18.5 Å². The second-order valence-electron chi connectivity index (χ2n) is 5.93. The van der Waals surface area contributed by atoms with E-state index in [0.717, 1.165) is 5.56 Å². The molecule has 138 valence electrons. The first kappa shape index (κ1) is 19.8. The Balaban J connectivity index is 2.23. The van der Waals surface area contributed by atoms with Crippen molar-refractivity contribution in [1.29, 1.82) is 0 Å². The van der Waals surface area contributed by atoms with Crippen molar-refractivity contribution in [1.82, 2.24) is 0 Å². The maximum Gasteiger partial charge on any atom is 0.289 e. The summed E-state index contributed by atoms with van der Waals surface area (Å²) in [5.41, 5.74) is 0.897. The lowest BCUT2D eigenvalue weighted by Gasteiger charge is -2.19. The Labute approximate surface area is 156 Å². The highest BCUT2D eigenvalue weighted by atomic mass is 35.5. The van der Waals surface area contributed by atoms with E-state index in [2.05, 4.69) is 5.32 Å². The molecule has 0 radical (unpaired) electrons. The number of nitro benzene ring substituents is 1. The van der Waals surface area contributed by atoms with Crippen molar-refractivity contribution in [2.75, 3.05) is 19.0 Å². The lowest BCUT2D eigenvalue weighted by atomic mass is 10.0. The summed E-state index contributed by atoms with van der Waals surface area (Å²) in [6, 6.07) is 13.0. The molecule has 3 N–H and O–H groups in total. The number of nitro groups is 1. The van der Waals surface area contributed by atoms with Gasteiger partial charge in [-0.05, 0) is 19.1 Å². The number of anilines is 1. The van der Waals surface area contributed by atoms with Crippen molar-refractivity contribution < 1.29 is 19.8 Å². The van der Waals surface area contributed by atoms with Crippen LogP contribution in [-0.4, -0.2) is 30.6 Å². The summed E-state index contributed by atoms with van der Waals surface area (Å²) in [6.45, 7) is 2.45. The van der Waals surface area contributed by atoms with Crippen LogP contribution in [0.25, 0.3) is 0 Å². The average Bonchev–Trinajstić information content (AvgIpc) is 2.62. The number of rotatable bonds is 8. The number of hydrogen-bond donors (Lipinski definition) is 2. The van der Waals surface area contributed by atoms with Gasteiger partial charge < -0.3 is 15.4 Å². The Morgan fingerprint density at radius 3 is 2.62 bits per heavy atom. The first-order valence-electron chi connectivity index (χ1n) is 8.06. The van der Waals surface area contributed by atoms with Crippen molar-refractivity contribution in [3.8, 4) is 0 Å². The highest BCUT2D eigenvalue weighted by Crippen LogP contribution is 2.27. The Bertz CT molecular complexity index is 770. The number of nitrogens with zero attached hydrogens (tertiary/aromatic N) is 1. The zero-order valence-corrected chi connectivity index (χ0v) is 15.3. The minimum atomic E-state index is -0.584. The highest BCUT2D eigenvalue weighted by Gasteiger charge is 2.27. The van der Waals surface area contributed by atoms with Gasteiger partial charge in [-0.3, -0.25) is 14.9 Å². The summed E-state index contributed by atoms with van der Waals surface area (Å²) in [7, 11) is 1.61. The molecule has 0 aliphatic rings. The number of nitrogens with one attached hydrogen (secondary N) is 1. The van der Waals surface area contributed by atoms with Gasteiger partial charge in [-0.15, -0.1) is 0 Å². The molecule has 0 saturated heterocycles. The summed E-state index contributed by atoms with van der Waals surface area (Å²) in [5.74, 6) is -0.282. The molecule has 0 aromatic heterocycles. The van der Waals surface area contributed by atoms with Crippen LogP contribution in [0.3, 0.4) is 0 Å². The van der Waals surface area contributed by atoms with Gasteiger partial charge in [0.15, 0.2) is 6.04 Å². The first-order chi connectivity index (χ1) is 12.4. The zero-order chi connectivity index (χ0) is 19.1. The van der Waals surface area contributed by atoms with Crippen molar-refractivity contribution in [2.24, 2.45) is 0 Å². The van der Waals surface area contributed by atoms with E-state index >= 15 is 0 Å². The molecule has 1 amide bonds. The fourth-order valence-electron chi connectivity index (χ4n) is 2.61. The van der Waals surface area contributed by atoms with E-state index in [9.17, 15) is 14.9 Å². The summed E-state index contributed by atoms with van der Waals surface area (Å²) < 4.78 is 5.14. The van der Waals surface area contributed by atoms with Crippen LogP contribution in [0.15, 0.2) is 48.5 Å². The van der Waals surface area contributed by atoms with Crippen LogP contribution in [0, 0.1) is 10.1 Å². The fraction of sp³-hybridized carbons (Fsp3) is 0.278. The molecule has 7 nitrogen and oxygen atoms in total. The number of methoxy groups -OCH3 is 1. The molecule has 2 rings (SSSR count). The molecule has 2 atom stereocenters. The summed E-state index contributed by atoms with van der Waals surface area (Å²) in [6.07, 6.45) is 0. The maximum atomic E-state index is 12.8. The number of halogens is 1. The Morgan fingerprint density at radius 2 is 2.00 bits per heavy atom. The molecule has 26 heavy (non-hydrogen) atoms. The van der Waals surface area contributed by atoms with Gasteiger partial charge in [0.25, 0.3) is 11.6 Å². The van der Waals surface area contributed by atoms with Gasteiger partial charge in [0.1, 0.15) is 11.1 Å².